The van der Waals surface area contributed by atoms with Gasteiger partial charge >= 0.3 is 0 Å². The van der Waals surface area contributed by atoms with Crippen LogP contribution in [0.4, 0.5) is 11.4 Å². The molecule has 146 valence electrons. The monoisotopic (exact) mass is 372 g/mol. The third-order valence-corrected chi connectivity index (χ3v) is 8.38. The third kappa shape index (κ3) is 2.76. The number of hydrogen-bond donors (Lipinski definition) is 0. The van der Waals surface area contributed by atoms with Crippen molar-refractivity contribution < 1.29 is 0 Å². The van der Waals surface area contributed by atoms with E-state index in [0.717, 1.165) is 30.8 Å². The van der Waals surface area contributed by atoms with Crippen LogP contribution in [0.25, 0.3) is 0 Å². The molecule has 2 aromatic carbocycles. The second-order valence-corrected chi connectivity index (χ2v) is 10.1. The zero-order valence-electron chi connectivity index (χ0n) is 16.8. The quantitative estimate of drug-likeness (QED) is 0.692. The summed E-state index contributed by atoms with van der Waals surface area (Å²) >= 11 is 0. The molecule has 28 heavy (non-hydrogen) atoms. The SMILES string of the molecule is c1ccc(N2CCN(c3ccccc3)C(C34CC5CC(CC(C5)C3)C4)C2)cc1. The molecule has 2 aromatic rings. The van der Waals surface area contributed by atoms with Gasteiger partial charge in [0.2, 0.25) is 0 Å². The lowest BCUT2D eigenvalue weighted by Crippen LogP contribution is -2.64. The van der Waals surface area contributed by atoms with Crippen molar-refractivity contribution in [3.8, 4) is 0 Å². The summed E-state index contributed by atoms with van der Waals surface area (Å²) in [5, 5.41) is 0. The van der Waals surface area contributed by atoms with Gasteiger partial charge in [-0.25, -0.2) is 0 Å². The molecular weight excluding hydrogens is 340 g/mol. The zero-order chi connectivity index (χ0) is 18.6. The van der Waals surface area contributed by atoms with Gasteiger partial charge in [-0.1, -0.05) is 36.4 Å². The van der Waals surface area contributed by atoms with E-state index in [4.69, 9.17) is 0 Å². The van der Waals surface area contributed by atoms with Crippen LogP contribution in [-0.2, 0) is 0 Å². The molecule has 1 unspecified atom stereocenters. The lowest BCUT2D eigenvalue weighted by molar-refractivity contribution is -0.0681. The molecule has 4 aliphatic carbocycles. The van der Waals surface area contributed by atoms with Crippen molar-refractivity contribution in [2.24, 2.45) is 23.2 Å². The number of hydrogen-bond acceptors (Lipinski definition) is 2. The molecule has 5 fully saturated rings. The highest BCUT2D eigenvalue weighted by molar-refractivity contribution is 5.53. The van der Waals surface area contributed by atoms with Crippen LogP contribution < -0.4 is 9.80 Å². The van der Waals surface area contributed by atoms with Crippen LogP contribution in [0.1, 0.15) is 38.5 Å². The maximum absolute atomic E-state index is 2.80. The van der Waals surface area contributed by atoms with Gasteiger partial charge in [0.05, 0.1) is 6.04 Å². The van der Waals surface area contributed by atoms with Gasteiger partial charge in [-0.05, 0) is 86.0 Å². The fraction of sp³-hybridized carbons (Fsp3) is 0.538. The van der Waals surface area contributed by atoms with Crippen LogP contribution in [-0.4, -0.2) is 25.7 Å². The number of rotatable bonds is 3. The van der Waals surface area contributed by atoms with E-state index >= 15 is 0 Å². The fourth-order valence-electron chi connectivity index (χ4n) is 7.69. The average molecular weight is 373 g/mol. The van der Waals surface area contributed by atoms with E-state index in [1.165, 1.54) is 56.4 Å². The lowest BCUT2D eigenvalue weighted by atomic mass is 9.47. The molecule has 0 spiro atoms. The van der Waals surface area contributed by atoms with Crippen LogP contribution in [0.5, 0.6) is 0 Å². The second kappa shape index (κ2) is 6.54. The van der Waals surface area contributed by atoms with Crippen LogP contribution in [0.15, 0.2) is 60.7 Å². The summed E-state index contributed by atoms with van der Waals surface area (Å²) in [5.41, 5.74) is 3.39. The van der Waals surface area contributed by atoms with E-state index in [1.54, 1.807) is 0 Å². The van der Waals surface area contributed by atoms with Gasteiger partial charge in [0.15, 0.2) is 0 Å². The van der Waals surface area contributed by atoms with Gasteiger partial charge in [0.25, 0.3) is 0 Å². The Morgan fingerprint density at radius 1 is 0.643 bits per heavy atom. The number of anilines is 2. The molecule has 0 N–H and O–H groups in total. The molecular formula is C26H32N2. The third-order valence-electron chi connectivity index (χ3n) is 8.38. The predicted octanol–water partition coefficient (Wildman–Crippen LogP) is 5.60. The van der Waals surface area contributed by atoms with E-state index in [-0.39, 0.29) is 0 Å². The van der Waals surface area contributed by atoms with E-state index in [1.807, 2.05) is 0 Å². The number of nitrogens with zero attached hydrogens (tertiary/aromatic N) is 2. The van der Waals surface area contributed by atoms with E-state index < -0.39 is 0 Å². The molecule has 4 saturated carbocycles. The molecule has 7 rings (SSSR count). The Kier molecular flexibility index (Phi) is 3.96. The van der Waals surface area contributed by atoms with Crippen molar-refractivity contribution in [3.05, 3.63) is 60.7 Å². The standard InChI is InChI=1S/C26H32N2/c1-3-7-23(8-4-1)27-11-12-28(24-9-5-2-6-10-24)25(19-27)26-16-20-13-21(17-26)15-22(14-20)18-26/h1-10,20-22,25H,11-19H2. The second-order valence-electron chi connectivity index (χ2n) is 10.1. The Hall–Kier alpha value is -1.96. The molecule has 1 atom stereocenters. The minimum atomic E-state index is 0.540. The van der Waals surface area contributed by atoms with Crippen LogP contribution in [0, 0.1) is 23.2 Å². The van der Waals surface area contributed by atoms with Crippen molar-refractivity contribution in [3.63, 3.8) is 0 Å². The topological polar surface area (TPSA) is 6.48 Å². The van der Waals surface area contributed by atoms with Gasteiger partial charge in [0, 0.05) is 31.0 Å². The zero-order valence-corrected chi connectivity index (χ0v) is 16.8. The summed E-state index contributed by atoms with van der Waals surface area (Å²) in [7, 11) is 0. The first-order valence-electron chi connectivity index (χ1n) is 11.4. The number of para-hydroxylation sites is 2. The van der Waals surface area contributed by atoms with E-state index in [9.17, 15) is 0 Å². The highest BCUT2D eigenvalue weighted by atomic mass is 15.3. The van der Waals surface area contributed by atoms with Crippen molar-refractivity contribution in [2.45, 2.75) is 44.6 Å². The minimum absolute atomic E-state index is 0.540. The molecule has 5 aliphatic rings. The van der Waals surface area contributed by atoms with Crippen molar-refractivity contribution in [1.82, 2.24) is 0 Å². The normalized spacial score (nSPS) is 36.7. The van der Waals surface area contributed by atoms with Gasteiger partial charge < -0.3 is 9.80 Å². The molecule has 1 heterocycles. The highest BCUT2D eigenvalue weighted by Gasteiger charge is 2.56. The summed E-state index contributed by atoms with van der Waals surface area (Å²) in [5.74, 6) is 3.03. The first-order chi connectivity index (χ1) is 13.8. The Morgan fingerprint density at radius 3 is 1.75 bits per heavy atom. The summed E-state index contributed by atoms with van der Waals surface area (Å²) in [6, 6.07) is 23.0. The minimum Gasteiger partial charge on any atom is -0.368 e. The summed E-state index contributed by atoms with van der Waals surface area (Å²) in [4.78, 5) is 5.47. The molecule has 1 aliphatic heterocycles. The van der Waals surface area contributed by atoms with Crippen molar-refractivity contribution >= 4 is 11.4 Å². The Morgan fingerprint density at radius 2 is 1.18 bits per heavy atom. The van der Waals surface area contributed by atoms with Gasteiger partial charge in [-0.15, -0.1) is 0 Å². The van der Waals surface area contributed by atoms with Crippen molar-refractivity contribution in [2.75, 3.05) is 29.4 Å². The Balaban J connectivity index is 1.37. The first kappa shape index (κ1) is 16.9. The predicted molar refractivity (Wildman–Crippen MR) is 117 cm³/mol. The van der Waals surface area contributed by atoms with E-state index in [0.29, 0.717) is 11.5 Å². The Bertz CT molecular complexity index is 780. The Labute approximate surface area is 169 Å². The highest BCUT2D eigenvalue weighted by Crippen LogP contribution is 2.62. The summed E-state index contributed by atoms with van der Waals surface area (Å²) in [6.45, 7) is 3.46. The molecule has 4 bridgehead atoms. The molecule has 0 radical (unpaired) electrons. The average Bonchev–Trinajstić information content (AvgIpc) is 2.74. The molecule has 1 saturated heterocycles. The molecule has 2 nitrogen and oxygen atoms in total. The largest absolute Gasteiger partial charge is 0.368 e. The van der Waals surface area contributed by atoms with Gasteiger partial charge in [-0.3, -0.25) is 0 Å². The number of piperazine rings is 1. The van der Waals surface area contributed by atoms with Crippen molar-refractivity contribution in [1.29, 1.82) is 0 Å². The maximum atomic E-state index is 2.80. The maximum Gasteiger partial charge on any atom is 0.0522 e. The van der Waals surface area contributed by atoms with Crippen LogP contribution in [0.2, 0.25) is 0 Å². The molecule has 0 amide bonds. The van der Waals surface area contributed by atoms with Gasteiger partial charge in [-0.2, -0.15) is 0 Å². The first-order valence-corrected chi connectivity index (χ1v) is 11.4. The molecule has 0 aromatic heterocycles. The summed E-state index contributed by atoms with van der Waals surface area (Å²) < 4.78 is 0. The lowest BCUT2D eigenvalue weighted by Gasteiger charge is -2.63. The molecule has 2 heteroatoms. The van der Waals surface area contributed by atoms with Crippen LogP contribution in [0.3, 0.4) is 0 Å². The van der Waals surface area contributed by atoms with Gasteiger partial charge in [0.1, 0.15) is 0 Å². The summed E-state index contributed by atoms with van der Waals surface area (Å²) in [6.07, 6.45) is 9.03. The van der Waals surface area contributed by atoms with E-state index in [2.05, 4.69) is 70.5 Å². The fourth-order valence-corrected chi connectivity index (χ4v) is 7.69. The number of benzene rings is 2. The smallest absolute Gasteiger partial charge is 0.0522 e. The van der Waals surface area contributed by atoms with Crippen LogP contribution >= 0.6 is 0 Å².